The van der Waals surface area contributed by atoms with Crippen molar-refractivity contribution in [2.75, 3.05) is 6.54 Å². The average molecular weight is 348 g/mol. The number of rotatable bonds is 2. The molecular weight excluding hydrogens is 330 g/mol. The molecule has 1 fully saturated rings. The quantitative estimate of drug-likeness (QED) is 0.838. The van der Waals surface area contributed by atoms with Gasteiger partial charge in [-0.2, -0.15) is 4.31 Å². The van der Waals surface area contributed by atoms with E-state index in [0.29, 0.717) is 23.3 Å². The smallest absolute Gasteiger partial charge is 0.262 e. The lowest BCUT2D eigenvalue weighted by molar-refractivity contribution is 0.157. The van der Waals surface area contributed by atoms with Gasteiger partial charge in [-0.3, -0.25) is 4.40 Å². The van der Waals surface area contributed by atoms with Gasteiger partial charge in [-0.15, -0.1) is 11.3 Å². The van der Waals surface area contributed by atoms with Gasteiger partial charge in [-0.1, -0.05) is 25.4 Å². The molecular formula is C13H18ClN3O2S2. The maximum Gasteiger partial charge on any atom is 0.262 e. The van der Waals surface area contributed by atoms with Crippen molar-refractivity contribution in [1.82, 2.24) is 13.7 Å². The maximum atomic E-state index is 13.1. The summed E-state index contributed by atoms with van der Waals surface area (Å²) in [6.07, 6.45) is 2.74. The predicted octanol–water partition coefficient (Wildman–Crippen LogP) is 3.10. The summed E-state index contributed by atoms with van der Waals surface area (Å²) in [4.78, 5) is 4.74. The zero-order chi connectivity index (χ0) is 15.4. The number of hydrogen-bond donors (Lipinski definition) is 0. The highest BCUT2D eigenvalue weighted by molar-refractivity contribution is 7.89. The van der Waals surface area contributed by atoms with Crippen LogP contribution in [0.2, 0.25) is 5.15 Å². The summed E-state index contributed by atoms with van der Waals surface area (Å²) in [7, 11) is -3.65. The van der Waals surface area contributed by atoms with E-state index in [1.807, 2.05) is 12.3 Å². The molecule has 0 spiro atoms. The summed E-state index contributed by atoms with van der Waals surface area (Å²) in [5.41, 5.74) is 0. The number of halogens is 1. The van der Waals surface area contributed by atoms with Gasteiger partial charge in [0.1, 0.15) is 0 Å². The second-order valence-corrected chi connectivity index (χ2v) is 8.93. The van der Waals surface area contributed by atoms with Crippen molar-refractivity contribution in [3.63, 3.8) is 0 Å². The predicted molar refractivity (Wildman–Crippen MR) is 84.4 cm³/mol. The molecule has 0 aromatic carbocycles. The third-order valence-corrected chi connectivity index (χ3v) is 7.39. The summed E-state index contributed by atoms with van der Waals surface area (Å²) in [6, 6.07) is -0.0357. The number of sulfonamides is 1. The Bertz CT molecular complexity index is 768. The third-order valence-electron chi connectivity index (χ3n) is 4.28. The van der Waals surface area contributed by atoms with Crippen molar-refractivity contribution in [3.05, 3.63) is 16.7 Å². The number of nitrogens with zero attached hydrogens (tertiary/aromatic N) is 3. The fourth-order valence-electron chi connectivity index (χ4n) is 3.06. The molecule has 3 unspecified atom stereocenters. The number of imidazole rings is 1. The average Bonchev–Trinajstić information content (AvgIpc) is 2.92. The van der Waals surface area contributed by atoms with Gasteiger partial charge in [0.25, 0.3) is 10.0 Å². The summed E-state index contributed by atoms with van der Waals surface area (Å²) >= 11 is 7.47. The zero-order valence-electron chi connectivity index (χ0n) is 12.2. The summed E-state index contributed by atoms with van der Waals surface area (Å²) in [5, 5.41) is 1.95. The van der Waals surface area contributed by atoms with E-state index in [2.05, 4.69) is 18.8 Å². The number of hydrogen-bond acceptors (Lipinski definition) is 4. The molecule has 0 N–H and O–H groups in total. The Morgan fingerprint density at radius 2 is 2.10 bits per heavy atom. The van der Waals surface area contributed by atoms with E-state index < -0.39 is 10.0 Å². The lowest BCUT2D eigenvalue weighted by Crippen LogP contribution is -2.49. The Kier molecular flexibility index (Phi) is 3.80. The molecule has 3 atom stereocenters. The first kappa shape index (κ1) is 15.3. The van der Waals surface area contributed by atoms with Crippen molar-refractivity contribution in [3.8, 4) is 0 Å². The van der Waals surface area contributed by atoms with Gasteiger partial charge in [0.15, 0.2) is 15.1 Å². The van der Waals surface area contributed by atoms with Gasteiger partial charge >= 0.3 is 0 Å². The second-order valence-electron chi connectivity index (χ2n) is 5.90. The minimum absolute atomic E-state index is 0.0357. The number of aromatic nitrogens is 2. The minimum Gasteiger partial charge on any atom is -0.279 e. The van der Waals surface area contributed by atoms with Gasteiger partial charge in [0.2, 0.25) is 0 Å². The molecule has 21 heavy (non-hydrogen) atoms. The van der Waals surface area contributed by atoms with Crippen LogP contribution in [0.1, 0.15) is 27.2 Å². The van der Waals surface area contributed by atoms with E-state index in [9.17, 15) is 8.42 Å². The highest BCUT2D eigenvalue weighted by atomic mass is 35.5. The fraction of sp³-hybridized carbons (Fsp3) is 0.615. The first-order valence-electron chi connectivity index (χ1n) is 6.95. The highest BCUT2D eigenvalue weighted by Gasteiger charge is 2.40. The Labute approximate surface area is 133 Å². The zero-order valence-corrected chi connectivity index (χ0v) is 14.5. The Balaban J connectivity index is 2.11. The molecule has 1 aliphatic heterocycles. The first-order valence-corrected chi connectivity index (χ1v) is 9.65. The summed E-state index contributed by atoms with van der Waals surface area (Å²) in [6.45, 7) is 6.68. The number of fused-ring (bicyclic) bond motifs is 1. The van der Waals surface area contributed by atoms with Crippen LogP contribution >= 0.6 is 22.9 Å². The first-order chi connectivity index (χ1) is 9.82. The van der Waals surface area contributed by atoms with Crippen molar-refractivity contribution in [2.24, 2.45) is 11.8 Å². The Morgan fingerprint density at radius 3 is 2.81 bits per heavy atom. The molecule has 3 heterocycles. The summed E-state index contributed by atoms with van der Waals surface area (Å²) in [5.74, 6) is 0.670. The van der Waals surface area contributed by atoms with Crippen molar-refractivity contribution in [1.29, 1.82) is 0 Å². The Hall–Kier alpha value is -0.630. The van der Waals surface area contributed by atoms with E-state index in [1.54, 1.807) is 14.9 Å². The van der Waals surface area contributed by atoms with Crippen LogP contribution in [0.5, 0.6) is 0 Å². The highest BCUT2D eigenvalue weighted by Crippen LogP contribution is 2.34. The molecule has 116 valence electrons. The maximum absolute atomic E-state index is 13.1. The van der Waals surface area contributed by atoms with Gasteiger partial charge in [0, 0.05) is 24.2 Å². The molecule has 2 aromatic rings. The van der Waals surface area contributed by atoms with E-state index in [-0.39, 0.29) is 16.2 Å². The van der Waals surface area contributed by atoms with Crippen molar-refractivity contribution >= 4 is 37.9 Å². The molecule has 1 saturated heterocycles. The topological polar surface area (TPSA) is 54.7 Å². The molecule has 2 aromatic heterocycles. The van der Waals surface area contributed by atoms with E-state index in [0.717, 1.165) is 6.42 Å². The van der Waals surface area contributed by atoms with Gasteiger partial charge in [-0.05, 0) is 25.2 Å². The van der Waals surface area contributed by atoms with Crippen molar-refractivity contribution < 1.29 is 8.42 Å². The fourth-order valence-corrected chi connectivity index (χ4v) is 6.32. The molecule has 0 radical (unpaired) electrons. The standard InChI is InChI=1S/C13H18ClN3O2S2/c1-8-6-9(2)10(3)17(7-8)21(18,19)12-11(14)15-13-16(12)4-5-20-13/h4-5,8-10H,6-7H2,1-3H3. The SMILES string of the molecule is CC1CC(C)C(C)N(S(=O)(=O)c2c(Cl)nc3sccn23)C1. The van der Waals surface area contributed by atoms with Crippen LogP contribution in [0.4, 0.5) is 0 Å². The lowest BCUT2D eigenvalue weighted by atomic mass is 9.88. The van der Waals surface area contributed by atoms with Crippen LogP contribution in [-0.2, 0) is 10.0 Å². The van der Waals surface area contributed by atoms with Crippen LogP contribution in [0.3, 0.4) is 0 Å². The van der Waals surface area contributed by atoms with Crippen LogP contribution in [0, 0.1) is 11.8 Å². The second kappa shape index (κ2) is 5.22. The minimum atomic E-state index is -3.65. The lowest BCUT2D eigenvalue weighted by Gasteiger charge is -2.39. The molecule has 3 rings (SSSR count). The molecule has 0 saturated carbocycles. The normalized spacial score (nSPS) is 28.3. The summed E-state index contributed by atoms with van der Waals surface area (Å²) < 4.78 is 29.3. The number of thiazole rings is 1. The van der Waals surface area contributed by atoms with E-state index >= 15 is 0 Å². The molecule has 5 nitrogen and oxygen atoms in total. The van der Waals surface area contributed by atoms with Gasteiger partial charge < -0.3 is 0 Å². The largest absolute Gasteiger partial charge is 0.279 e. The van der Waals surface area contributed by atoms with Crippen LogP contribution in [-0.4, -0.2) is 34.7 Å². The van der Waals surface area contributed by atoms with Gasteiger partial charge in [-0.25, -0.2) is 13.4 Å². The molecule has 1 aliphatic rings. The molecule has 8 heteroatoms. The van der Waals surface area contributed by atoms with Crippen LogP contribution < -0.4 is 0 Å². The van der Waals surface area contributed by atoms with Crippen molar-refractivity contribution in [2.45, 2.75) is 38.3 Å². The van der Waals surface area contributed by atoms with Gasteiger partial charge in [0.05, 0.1) is 0 Å². The van der Waals surface area contributed by atoms with E-state index in [1.165, 1.54) is 11.3 Å². The van der Waals surface area contributed by atoms with Crippen LogP contribution in [0.25, 0.3) is 4.96 Å². The Morgan fingerprint density at radius 1 is 1.38 bits per heavy atom. The molecule has 0 bridgehead atoms. The number of piperidine rings is 1. The van der Waals surface area contributed by atoms with Crippen LogP contribution in [0.15, 0.2) is 16.6 Å². The van der Waals surface area contributed by atoms with E-state index in [4.69, 9.17) is 11.6 Å². The third kappa shape index (κ3) is 2.40. The molecule has 0 amide bonds. The molecule has 0 aliphatic carbocycles. The monoisotopic (exact) mass is 347 g/mol.